The third-order valence-corrected chi connectivity index (χ3v) is 4.21. The molecule has 10 nitrogen and oxygen atoms in total. The van der Waals surface area contributed by atoms with E-state index in [1.807, 2.05) is 4.90 Å². The second-order valence-electron chi connectivity index (χ2n) is 6.16. The van der Waals surface area contributed by atoms with Crippen LogP contribution in [0.4, 0.5) is 0 Å². The molecule has 1 fully saturated rings. The van der Waals surface area contributed by atoms with Gasteiger partial charge < -0.3 is 34.9 Å². The lowest BCUT2D eigenvalue weighted by molar-refractivity contribution is -0.141. The Labute approximate surface area is 158 Å². The molecule has 0 aromatic rings. The molecular formula is C17H29N3O7. The number of ether oxygens (including phenoxy) is 2. The number of hydrogen-bond donors (Lipinski definition) is 3. The standard InChI is InChI=1S/C17H29N3O7/c1-26-15(23)3-7-20(6-2-9-21)8-12-27-11-5-14-17(25)18-13(4-10-22)16(24)19-14/h9,13-14,22H,2-8,10-12H2,1H3,(H,18,25)(H,19,24). The third kappa shape index (κ3) is 8.94. The molecule has 2 atom stereocenters. The monoisotopic (exact) mass is 387 g/mol. The smallest absolute Gasteiger partial charge is 0.306 e. The Hall–Kier alpha value is -2.04. The van der Waals surface area contributed by atoms with Gasteiger partial charge in [0.1, 0.15) is 18.4 Å². The number of carbonyl (C=O) groups excluding carboxylic acids is 4. The van der Waals surface area contributed by atoms with Gasteiger partial charge in [0.25, 0.3) is 0 Å². The fraction of sp³-hybridized carbons (Fsp3) is 0.765. The van der Waals surface area contributed by atoms with E-state index in [1.165, 1.54) is 7.11 Å². The largest absolute Gasteiger partial charge is 0.469 e. The van der Waals surface area contributed by atoms with Crippen LogP contribution in [0.5, 0.6) is 0 Å². The van der Waals surface area contributed by atoms with E-state index in [4.69, 9.17) is 9.84 Å². The minimum Gasteiger partial charge on any atom is -0.469 e. The Balaban J connectivity index is 2.26. The van der Waals surface area contributed by atoms with Crippen molar-refractivity contribution in [3.63, 3.8) is 0 Å². The SMILES string of the molecule is COC(=O)CCN(CCC=O)CCOCCC1NC(=O)C(CCO)NC1=O. The van der Waals surface area contributed by atoms with Gasteiger partial charge in [-0.15, -0.1) is 0 Å². The third-order valence-electron chi connectivity index (χ3n) is 4.21. The zero-order valence-corrected chi connectivity index (χ0v) is 15.6. The highest BCUT2D eigenvalue weighted by atomic mass is 16.5. The van der Waals surface area contributed by atoms with Gasteiger partial charge >= 0.3 is 5.97 Å². The lowest BCUT2D eigenvalue weighted by atomic mass is 10.1. The maximum atomic E-state index is 11.9. The van der Waals surface area contributed by atoms with Crippen molar-refractivity contribution in [3.05, 3.63) is 0 Å². The molecule has 10 heteroatoms. The Kier molecular flexibility index (Phi) is 11.2. The first-order valence-corrected chi connectivity index (χ1v) is 9.04. The first-order valence-electron chi connectivity index (χ1n) is 9.04. The average Bonchev–Trinajstić information content (AvgIpc) is 2.66. The second kappa shape index (κ2) is 13.2. The summed E-state index contributed by atoms with van der Waals surface area (Å²) in [4.78, 5) is 47.5. The highest BCUT2D eigenvalue weighted by Crippen LogP contribution is 2.04. The highest BCUT2D eigenvalue weighted by Gasteiger charge is 2.32. The molecule has 1 rings (SSSR count). The number of rotatable bonds is 14. The van der Waals surface area contributed by atoms with Gasteiger partial charge in [-0.1, -0.05) is 0 Å². The van der Waals surface area contributed by atoms with Crippen molar-refractivity contribution >= 4 is 24.1 Å². The average molecular weight is 387 g/mol. The van der Waals surface area contributed by atoms with Crippen LogP contribution in [0.25, 0.3) is 0 Å². The van der Waals surface area contributed by atoms with E-state index >= 15 is 0 Å². The van der Waals surface area contributed by atoms with Crippen LogP contribution < -0.4 is 10.6 Å². The molecule has 0 aliphatic carbocycles. The summed E-state index contributed by atoms with van der Waals surface area (Å²) < 4.78 is 10.1. The van der Waals surface area contributed by atoms with Crippen LogP contribution in [0.2, 0.25) is 0 Å². The summed E-state index contributed by atoms with van der Waals surface area (Å²) in [5.74, 6) is -0.913. The number of amides is 2. The topological polar surface area (TPSA) is 134 Å². The minimum absolute atomic E-state index is 0.178. The van der Waals surface area contributed by atoms with Crippen LogP contribution in [-0.2, 0) is 28.7 Å². The lowest BCUT2D eigenvalue weighted by Gasteiger charge is -2.29. The molecule has 0 aromatic carbocycles. The van der Waals surface area contributed by atoms with Gasteiger partial charge in [-0.3, -0.25) is 14.4 Å². The number of aldehydes is 1. The number of nitrogens with zero attached hydrogens (tertiary/aromatic N) is 1. The van der Waals surface area contributed by atoms with Crippen molar-refractivity contribution in [2.24, 2.45) is 0 Å². The van der Waals surface area contributed by atoms with E-state index in [0.717, 1.165) is 6.29 Å². The molecule has 27 heavy (non-hydrogen) atoms. The summed E-state index contributed by atoms with van der Waals surface area (Å²) in [6.07, 6.45) is 1.94. The molecule has 1 saturated heterocycles. The molecule has 154 valence electrons. The predicted molar refractivity (Wildman–Crippen MR) is 94.8 cm³/mol. The number of aliphatic hydroxyl groups excluding tert-OH is 1. The van der Waals surface area contributed by atoms with Crippen molar-refractivity contribution in [1.29, 1.82) is 0 Å². The molecule has 0 aromatic heterocycles. The molecule has 0 saturated carbocycles. The van der Waals surface area contributed by atoms with E-state index in [9.17, 15) is 19.2 Å². The number of methoxy groups -OCH3 is 1. The number of hydrogen-bond acceptors (Lipinski definition) is 8. The zero-order chi connectivity index (χ0) is 20.1. The van der Waals surface area contributed by atoms with Gasteiger partial charge in [0.05, 0.1) is 20.1 Å². The van der Waals surface area contributed by atoms with Crippen LogP contribution in [0, 0.1) is 0 Å². The normalized spacial score (nSPS) is 19.5. The fourth-order valence-electron chi connectivity index (χ4n) is 2.63. The molecule has 1 aliphatic rings. The highest BCUT2D eigenvalue weighted by molar-refractivity contribution is 5.96. The van der Waals surface area contributed by atoms with Gasteiger partial charge in [0.15, 0.2) is 0 Å². The van der Waals surface area contributed by atoms with Crippen molar-refractivity contribution in [1.82, 2.24) is 15.5 Å². The molecule has 0 bridgehead atoms. The Bertz CT molecular complexity index is 501. The van der Waals surface area contributed by atoms with E-state index < -0.39 is 12.1 Å². The lowest BCUT2D eigenvalue weighted by Crippen LogP contribution is -2.62. The van der Waals surface area contributed by atoms with E-state index in [0.29, 0.717) is 39.1 Å². The van der Waals surface area contributed by atoms with E-state index in [2.05, 4.69) is 15.4 Å². The maximum Gasteiger partial charge on any atom is 0.306 e. The quantitative estimate of drug-likeness (QED) is 0.181. The summed E-state index contributed by atoms with van der Waals surface area (Å²) in [6.45, 7) is 2.00. The molecule has 1 heterocycles. The molecule has 3 N–H and O–H groups in total. The van der Waals surface area contributed by atoms with E-state index in [-0.39, 0.29) is 43.8 Å². The summed E-state index contributed by atoms with van der Waals surface area (Å²) in [7, 11) is 1.33. The Morgan fingerprint density at radius 1 is 1.11 bits per heavy atom. The van der Waals surface area contributed by atoms with Crippen LogP contribution in [-0.4, -0.2) is 92.7 Å². The molecular weight excluding hydrogens is 358 g/mol. The van der Waals surface area contributed by atoms with Crippen LogP contribution >= 0.6 is 0 Å². The molecule has 2 unspecified atom stereocenters. The Morgan fingerprint density at radius 3 is 2.37 bits per heavy atom. The number of piperazine rings is 1. The van der Waals surface area contributed by atoms with Crippen LogP contribution in [0.3, 0.4) is 0 Å². The predicted octanol–water partition coefficient (Wildman–Crippen LogP) is -1.79. The number of carbonyl (C=O) groups is 4. The van der Waals surface area contributed by atoms with Gasteiger partial charge in [0.2, 0.25) is 11.8 Å². The number of aliphatic hydroxyl groups is 1. The maximum absolute atomic E-state index is 11.9. The summed E-state index contributed by atoms with van der Waals surface area (Å²) in [6, 6.07) is -1.35. The van der Waals surface area contributed by atoms with Gasteiger partial charge in [-0.05, 0) is 12.8 Å². The summed E-state index contributed by atoms with van der Waals surface area (Å²) >= 11 is 0. The van der Waals surface area contributed by atoms with Gasteiger partial charge in [0, 0.05) is 39.3 Å². The first-order chi connectivity index (χ1) is 13.0. The molecule has 0 spiro atoms. The van der Waals surface area contributed by atoms with Crippen molar-refractivity contribution in [2.75, 3.05) is 46.6 Å². The van der Waals surface area contributed by atoms with Gasteiger partial charge in [-0.25, -0.2) is 0 Å². The first kappa shape index (κ1) is 23.0. The molecule has 0 radical (unpaired) electrons. The fourth-order valence-corrected chi connectivity index (χ4v) is 2.63. The van der Waals surface area contributed by atoms with Gasteiger partial charge in [-0.2, -0.15) is 0 Å². The molecule has 2 amide bonds. The van der Waals surface area contributed by atoms with Crippen molar-refractivity contribution in [3.8, 4) is 0 Å². The summed E-state index contributed by atoms with van der Waals surface area (Å²) in [5, 5.41) is 14.1. The molecule has 1 aliphatic heterocycles. The minimum atomic E-state index is -0.694. The van der Waals surface area contributed by atoms with Crippen molar-refractivity contribution in [2.45, 2.75) is 37.8 Å². The zero-order valence-electron chi connectivity index (χ0n) is 15.6. The van der Waals surface area contributed by atoms with Crippen LogP contribution in [0.15, 0.2) is 0 Å². The number of esters is 1. The van der Waals surface area contributed by atoms with Crippen molar-refractivity contribution < 1.29 is 33.8 Å². The summed E-state index contributed by atoms with van der Waals surface area (Å²) in [5.41, 5.74) is 0. The van der Waals surface area contributed by atoms with Crippen LogP contribution in [0.1, 0.15) is 25.7 Å². The van der Waals surface area contributed by atoms with E-state index in [1.54, 1.807) is 0 Å². The number of nitrogens with one attached hydrogen (secondary N) is 2. The second-order valence-corrected chi connectivity index (χ2v) is 6.16. The Morgan fingerprint density at radius 2 is 1.78 bits per heavy atom.